The SMILES string of the molecule is CC(=O)N1C2CCCCC2N(C(=O)CC2CCCCC2)C[C@@H]1C. The predicted molar refractivity (Wildman–Crippen MR) is 90.9 cm³/mol. The minimum atomic E-state index is 0.155. The van der Waals surface area contributed by atoms with Crippen LogP contribution in [0.5, 0.6) is 0 Å². The van der Waals surface area contributed by atoms with E-state index in [0.29, 0.717) is 11.8 Å². The fourth-order valence-electron chi connectivity index (χ4n) is 5.20. The lowest BCUT2D eigenvalue weighted by Gasteiger charge is -2.53. The Labute approximate surface area is 140 Å². The van der Waals surface area contributed by atoms with Crippen molar-refractivity contribution >= 4 is 11.8 Å². The van der Waals surface area contributed by atoms with Crippen molar-refractivity contribution < 1.29 is 9.59 Å². The Morgan fingerprint density at radius 3 is 2.17 bits per heavy atom. The van der Waals surface area contributed by atoms with Crippen molar-refractivity contribution in [1.82, 2.24) is 9.80 Å². The largest absolute Gasteiger partial charge is 0.336 e. The molecule has 2 saturated carbocycles. The van der Waals surface area contributed by atoms with Crippen LogP contribution in [0.25, 0.3) is 0 Å². The van der Waals surface area contributed by atoms with E-state index in [1.165, 1.54) is 44.9 Å². The van der Waals surface area contributed by atoms with Gasteiger partial charge in [-0.25, -0.2) is 0 Å². The summed E-state index contributed by atoms with van der Waals surface area (Å²) >= 11 is 0. The van der Waals surface area contributed by atoms with Crippen molar-refractivity contribution in [2.45, 2.75) is 96.2 Å². The topological polar surface area (TPSA) is 40.6 Å². The average molecular weight is 320 g/mol. The predicted octanol–water partition coefficient (Wildman–Crippen LogP) is 3.35. The Balaban J connectivity index is 1.70. The van der Waals surface area contributed by atoms with Crippen LogP contribution in [0.3, 0.4) is 0 Å². The van der Waals surface area contributed by atoms with Gasteiger partial charge in [-0.2, -0.15) is 0 Å². The van der Waals surface area contributed by atoms with E-state index >= 15 is 0 Å². The van der Waals surface area contributed by atoms with Crippen molar-refractivity contribution in [2.24, 2.45) is 5.92 Å². The number of piperazine rings is 1. The maximum atomic E-state index is 13.0. The van der Waals surface area contributed by atoms with Crippen molar-refractivity contribution in [3.05, 3.63) is 0 Å². The zero-order valence-corrected chi connectivity index (χ0v) is 14.8. The number of fused-ring (bicyclic) bond motifs is 1. The first-order valence-electron chi connectivity index (χ1n) is 9.66. The van der Waals surface area contributed by atoms with Crippen LogP contribution in [0.1, 0.15) is 78.1 Å². The van der Waals surface area contributed by atoms with E-state index in [4.69, 9.17) is 0 Å². The smallest absolute Gasteiger partial charge is 0.223 e. The average Bonchev–Trinajstić information content (AvgIpc) is 2.54. The van der Waals surface area contributed by atoms with Gasteiger partial charge in [0.05, 0.1) is 12.1 Å². The monoisotopic (exact) mass is 320 g/mol. The molecule has 0 radical (unpaired) electrons. The number of carbonyl (C=O) groups excluding carboxylic acids is 2. The van der Waals surface area contributed by atoms with E-state index < -0.39 is 0 Å². The van der Waals surface area contributed by atoms with Crippen LogP contribution in [-0.4, -0.2) is 46.3 Å². The second-order valence-corrected chi connectivity index (χ2v) is 7.95. The van der Waals surface area contributed by atoms with Gasteiger partial charge in [0.25, 0.3) is 0 Å². The summed E-state index contributed by atoms with van der Waals surface area (Å²) in [6.45, 7) is 4.51. The third kappa shape index (κ3) is 3.56. The normalized spacial score (nSPS) is 32.5. The summed E-state index contributed by atoms with van der Waals surface area (Å²) in [7, 11) is 0. The number of rotatable bonds is 2. The van der Waals surface area contributed by atoms with Crippen LogP contribution in [0.15, 0.2) is 0 Å². The summed E-state index contributed by atoms with van der Waals surface area (Å²) in [5.74, 6) is 1.12. The first kappa shape index (κ1) is 16.8. The van der Waals surface area contributed by atoms with Gasteiger partial charge in [0.15, 0.2) is 0 Å². The maximum Gasteiger partial charge on any atom is 0.223 e. The first-order chi connectivity index (χ1) is 11.1. The van der Waals surface area contributed by atoms with Crippen LogP contribution in [0, 0.1) is 5.92 Å². The van der Waals surface area contributed by atoms with Crippen molar-refractivity contribution in [3.63, 3.8) is 0 Å². The summed E-state index contributed by atoms with van der Waals surface area (Å²) < 4.78 is 0. The summed E-state index contributed by atoms with van der Waals surface area (Å²) in [5.41, 5.74) is 0. The zero-order valence-electron chi connectivity index (χ0n) is 14.8. The van der Waals surface area contributed by atoms with Gasteiger partial charge in [0, 0.05) is 25.9 Å². The Morgan fingerprint density at radius 2 is 1.52 bits per heavy atom. The molecule has 1 saturated heterocycles. The van der Waals surface area contributed by atoms with Crippen LogP contribution < -0.4 is 0 Å². The molecule has 0 aromatic heterocycles. The second-order valence-electron chi connectivity index (χ2n) is 7.95. The van der Waals surface area contributed by atoms with E-state index in [2.05, 4.69) is 16.7 Å². The molecular weight excluding hydrogens is 288 g/mol. The third-order valence-corrected chi connectivity index (χ3v) is 6.26. The minimum Gasteiger partial charge on any atom is -0.336 e. The molecule has 0 aromatic carbocycles. The number of hydrogen-bond donors (Lipinski definition) is 0. The molecule has 0 N–H and O–H groups in total. The van der Waals surface area contributed by atoms with Crippen LogP contribution in [0.4, 0.5) is 0 Å². The zero-order chi connectivity index (χ0) is 16.4. The Hall–Kier alpha value is -1.06. The molecule has 0 aromatic rings. The summed E-state index contributed by atoms with van der Waals surface area (Å²) in [4.78, 5) is 29.3. The molecule has 0 spiro atoms. The molecule has 3 atom stereocenters. The molecule has 3 aliphatic rings. The standard InChI is InChI=1S/C19H32N2O2/c1-14-13-20(19(23)12-16-8-4-3-5-9-16)17-10-6-7-11-18(17)21(14)15(2)22/h14,16-18H,3-13H2,1-2H3/t14-,17?,18?/m0/s1. The van der Waals surface area contributed by atoms with E-state index in [1.54, 1.807) is 6.92 Å². The number of carbonyl (C=O) groups is 2. The molecule has 23 heavy (non-hydrogen) atoms. The molecule has 4 nitrogen and oxygen atoms in total. The lowest BCUT2D eigenvalue weighted by molar-refractivity contribution is -0.153. The summed E-state index contributed by atoms with van der Waals surface area (Å²) in [6.07, 6.45) is 11.6. The highest BCUT2D eigenvalue weighted by Gasteiger charge is 2.44. The lowest BCUT2D eigenvalue weighted by Crippen LogP contribution is -2.66. The highest BCUT2D eigenvalue weighted by atomic mass is 16.2. The van der Waals surface area contributed by atoms with Gasteiger partial charge in [-0.15, -0.1) is 0 Å². The van der Waals surface area contributed by atoms with Crippen LogP contribution >= 0.6 is 0 Å². The molecule has 130 valence electrons. The maximum absolute atomic E-state index is 13.0. The van der Waals surface area contributed by atoms with E-state index in [-0.39, 0.29) is 24.0 Å². The number of hydrogen-bond acceptors (Lipinski definition) is 2. The van der Waals surface area contributed by atoms with Gasteiger partial charge in [0.2, 0.25) is 11.8 Å². The molecule has 1 heterocycles. The molecule has 2 amide bonds. The van der Waals surface area contributed by atoms with Gasteiger partial charge in [-0.3, -0.25) is 9.59 Å². The first-order valence-corrected chi connectivity index (χ1v) is 9.66. The molecular formula is C19H32N2O2. The summed E-state index contributed by atoms with van der Waals surface area (Å²) in [6, 6.07) is 0.669. The molecule has 3 fully saturated rings. The van der Waals surface area contributed by atoms with Gasteiger partial charge in [-0.05, 0) is 38.5 Å². The number of amides is 2. The van der Waals surface area contributed by atoms with E-state index in [1.807, 2.05) is 0 Å². The molecule has 4 heteroatoms. The van der Waals surface area contributed by atoms with Crippen molar-refractivity contribution in [3.8, 4) is 0 Å². The minimum absolute atomic E-state index is 0.155. The third-order valence-electron chi connectivity index (χ3n) is 6.26. The molecule has 1 aliphatic heterocycles. The number of nitrogens with zero attached hydrogens (tertiary/aromatic N) is 2. The second kappa shape index (κ2) is 7.23. The Morgan fingerprint density at radius 1 is 0.913 bits per heavy atom. The highest BCUT2D eigenvalue weighted by molar-refractivity contribution is 5.78. The molecule has 2 aliphatic carbocycles. The van der Waals surface area contributed by atoms with Gasteiger partial charge < -0.3 is 9.80 Å². The molecule has 0 bridgehead atoms. The fraction of sp³-hybridized carbons (Fsp3) is 0.895. The van der Waals surface area contributed by atoms with E-state index in [9.17, 15) is 9.59 Å². The van der Waals surface area contributed by atoms with Crippen molar-refractivity contribution in [2.75, 3.05) is 6.54 Å². The molecule has 2 unspecified atom stereocenters. The fourth-order valence-corrected chi connectivity index (χ4v) is 5.20. The quantitative estimate of drug-likeness (QED) is 0.783. The Bertz CT molecular complexity index is 445. The van der Waals surface area contributed by atoms with Gasteiger partial charge in [-0.1, -0.05) is 32.1 Å². The van der Waals surface area contributed by atoms with Crippen molar-refractivity contribution in [1.29, 1.82) is 0 Å². The summed E-state index contributed by atoms with van der Waals surface area (Å²) in [5, 5.41) is 0. The Kier molecular flexibility index (Phi) is 5.27. The highest BCUT2D eigenvalue weighted by Crippen LogP contribution is 2.34. The van der Waals surface area contributed by atoms with E-state index in [0.717, 1.165) is 25.8 Å². The lowest BCUT2D eigenvalue weighted by atomic mass is 9.83. The van der Waals surface area contributed by atoms with Gasteiger partial charge in [0.1, 0.15) is 0 Å². The van der Waals surface area contributed by atoms with Gasteiger partial charge >= 0.3 is 0 Å². The molecule has 3 rings (SSSR count). The van der Waals surface area contributed by atoms with Crippen LogP contribution in [0.2, 0.25) is 0 Å². The van der Waals surface area contributed by atoms with Crippen LogP contribution in [-0.2, 0) is 9.59 Å².